The minimum atomic E-state index is -0.0263. The Balaban J connectivity index is 1.96. The Bertz CT molecular complexity index is 370. The summed E-state index contributed by atoms with van der Waals surface area (Å²) in [6, 6.07) is 0.700. The summed E-state index contributed by atoms with van der Waals surface area (Å²) in [5.74, 6) is 0. The minimum Gasteiger partial charge on any atom is -0.322 e. The molecule has 0 aromatic heterocycles. The number of rotatable bonds is 4. The number of hydrogen-bond donors (Lipinski definition) is 0. The lowest BCUT2D eigenvalue weighted by Crippen LogP contribution is -2.71. The van der Waals surface area contributed by atoms with E-state index in [4.69, 9.17) is 0 Å². The summed E-state index contributed by atoms with van der Waals surface area (Å²) in [4.78, 5) is 0. The van der Waals surface area contributed by atoms with Gasteiger partial charge in [0.05, 0.1) is 36.8 Å². The predicted molar refractivity (Wildman–Crippen MR) is 99.1 cm³/mol. The predicted octanol–water partition coefficient (Wildman–Crippen LogP) is 5.08. The van der Waals surface area contributed by atoms with Crippen LogP contribution in [0, 0.1) is 0 Å². The SMILES string of the molecule is CC[N+](CC)(CC)C1CC2(CCCCC2)N([O])C2(CCCCC2)C1. The van der Waals surface area contributed by atoms with Gasteiger partial charge in [-0.2, -0.15) is 0 Å². The van der Waals surface area contributed by atoms with Crippen molar-refractivity contribution in [3.8, 4) is 0 Å². The summed E-state index contributed by atoms with van der Waals surface area (Å²) >= 11 is 0. The maximum Gasteiger partial charge on any atom is 0.0927 e. The van der Waals surface area contributed by atoms with Gasteiger partial charge in [-0.25, -0.2) is 0 Å². The molecule has 0 unspecified atom stereocenters. The van der Waals surface area contributed by atoms with Gasteiger partial charge in [0, 0.05) is 12.8 Å². The quantitative estimate of drug-likeness (QED) is 0.657. The summed E-state index contributed by atoms with van der Waals surface area (Å²) in [6.07, 6.45) is 14.7. The first-order valence-electron chi connectivity index (χ1n) is 10.9. The second-order valence-corrected chi connectivity index (χ2v) is 9.09. The molecule has 139 valence electrons. The third kappa shape index (κ3) is 2.95. The van der Waals surface area contributed by atoms with E-state index in [1.807, 2.05) is 0 Å². The van der Waals surface area contributed by atoms with E-state index >= 15 is 0 Å². The molecule has 2 aliphatic carbocycles. The second-order valence-electron chi connectivity index (χ2n) is 9.09. The van der Waals surface area contributed by atoms with E-state index < -0.39 is 0 Å². The molecule has 3 rings (SSSR count). The first-order chi connectivity index (χ1) is 11.6. The maximum atomic E-state index is 13.7. The van der Waals surface area contributed by atoms with Gasteiger partial charge in [0.15, 0.2) is 0 Å². The summed E-state index contributed by atoms with van der Waals surface area (Å²) in [6.45, 7) is 10.8. The zero-order valence-corrected chi connectivity index (χ0v) is 16.5. The Morgan fingerprint density at radius 3 is 1.46 bits per heavy atom. The third-order valence-corrected chi connectivity index (χ3v) is 8.33. The van der Waals surface area contributed by atoms with Crippen LogP contribution in [0.15, 0.2) is 0 Å². The van der Waals surface area contributed by atoms with Gasteiger partial charge in [-0.1, -0.05) is 38.5 Å². The minimum absolute atomic E-state index is 0.0263. The number of quaternary nitrogens is 1. The van der Waals surface area contributed by atoms with Crippen LogP contribution in [0.2, 0.25) is 0 Å². The standard InChI is InChI=1S/C21H40N2O/c1-4-23(5-2,6-3)19-17-20(13-9-7-10-14-20)22(24)21(18-19)15-11-8-12-16-21/h19H,4-18H2,1-3H3/q+1. The molecule has 1 heterocycles. The highest BCUT2D eigenvalue weighted by atomic mass is 16.5. The highest BCUT2D eigenvalue weighted by Gasteiger charge is 2.59. The van der Waals surface area contributed by atoms with Crippen molar-refractivity contribution in [3.63, 3.8) is 0 Å². The summed E-state index contributed by atoms with van der Waals surface area (Å²) in [5, 5.41) is 15.5. The average Bonchev–Trinajstić information content (AvgIpc) is 2.63. The molecule has 0 bridgehead atoms. The molecule has 3 fully saturated rings. The van der Waals surface area contributed by atoms with E-state index in [2.05, 4.69) is 20.8 Å². The normalized spacial score (nSPS) is 30.8. The van der Waals surface area contributed by atoms with Gasteiger partial charge in [-0.05, 0) is 46.5 Å². The van der Waals surface area contributed by atoms with Crippen LogP contribution < -0.4 is 0 Å². The first-order valence-corrected chi connectivity index (χ1v) is 10.9. The Labute approximate surface area is 149 Å². The Morgan fingerprint density at radius 2 is 1.12 bits per heavy atom. The molecule has 0 amide bonds. The van der Waals surface area contributed by atoms with E-state index in [0.717, 1.165) is 38.5 Å². The molecule has 3 aliphatic rings. The van der Waals surface area contributed by atoms with E-state index in [1.54, 1.807) is 5.06 Å². The van der Waals surface area contributed by atoms with Crippen LogP contribution in [0.3, 0.4) is 0 Å². The molecule has 0 atom stereocenters. The van der Waals surface area contributed by atoms with Crippen LogP contribution in [0.1, 0.15) is 97.8 Å². The number of nitrogens with zero attached hydrogens (tertiary/aromatic N) is 2. The average molecular weight is 337 g/mol. The molecule has 2 spiro atoms. The molecule has 2 saturated carbocycles. The van der Waals surface area contributed by atoms with Crippen molar-refractivity contribution in [1.82, 2.24) is 5.06 Å². The van der Waals surface area contributed by atoms with Crippen molar-refractivity contribution in [2.24, 2.45) is 0 Å². The smallest absolute Gasteiger partial charge is 0.0927 e. The maximum absolute atomic E-state index is 13.7. The molecule has 0 aromatic carbocycles. The van der Waals surface area contributed by atoms with Crippen LogP contribution in [-0.2, 0) is 5.21 Å². The number of hydrogen-bond acceptors (Lipinski definition) is 1. The molecule has 1 radical (unpaired) electrons. The van der Waals surface area contributed by atoms with Crippen LogP contribution in [0.5, 0.6) is 0 Å². The largest absolute Gasteiger partial charge is 0.322 e. The zero-order chi connectivity index (χ0) is 17.3. The van der Waals surface area contributed by atoms with Gasteiger partial charge in [0.25, 0.3) is 0 Å². The Morgan fingerprint density at radius 1 is 0.750 bits per heavy atom. The van der Waals surface area contributed by atoms with Gasteiger partial charge in [0.2, 0.25) is 0 Å². The molecule has 1 aliphatic heterocycles. The molecule has 3 nitrogen and oxygen atoms in total. The summed E-state index contributed by atoms with van der Waals surface area (Å²) < 4.78 is 1.23. The van der Waals surface area contributed by atoms with Crippen LogP contribution in [0.4, 0.5) is 0 Å². The van der Waals surface area contributed by atoms with Gasteiger partial charge in [-0.15, -0.1) is 10.3 Å². The molecule has 24 heavy (non-hydrogen) atoms. The van der Waals surface area contributed by atoms with Crippen molar-refractivity contribution in [2.75, 3.05) is 19.6 Å². The number of piperidine rings is 1. The Kier molecular flexibility index (Phi) is 5.64. The van der Waals surface area contributed by atoms with E-state index in [-0.39, 0.29) is 11.1 Å². The molecular formula is C21H40N2O+. The van der Waals surface area contributed by atoms with E-state index in [1.165, 1.54) is 62.6 Å². The number of hydroxylamine groups is 2. The van der Waals surface area contributed by atoms with Gasteiger partial charge in [-0.3, -0.25) is 0 Å². The van der Waals surface area contributed by atoms with Crippen LogP contribution >= 0.6 is 0 Å². The van der Waals surface area contributed by atoms with Crippen molar-refractivity contribution in [1.29, 1.82) is 0 Å². The molecule has 0 aromatic rings. The van der Waals surface area contributed by atoms with E-state index in [9.17, 15) is 5.21 Å². The second kappa shape index (κ2) is 7.25. The lowest BCUT2D eigenvalue weighted by Gasteiger charge is -2.60. The lowest BCUT2D eigenvalue weighted by molar-refractivity contribution is -0.950. The summed E-state index contributed by atoms with van der Waals surface area (Å²) in [5.41, 5.74) is -0.0525. The van der Waals surface area contributed by atoms with Crippen molar-refractivity contribution in [2.45, 2.75) is 115 Å². The molecule has 0 N–H and O–H groups in total. The fourth-order valence-corrected chi connectivity index (χ4v) is 6.69. The third-order valence-electron chi connectivity index (χ3n) is 8.33. The Hall–Kier alpha value is -0.120. The van der Waals surface area contributed by atoms with Gasteiger partial charge >= 0.3 is 0 Å². The zero-order valence-electron chi connectivity index (χ0n) is 16.5. The van der Waals surface area contributed by atoms with Crippen LogP contribution in [-0.4, -0.2) is 46.3 Å². The fourth-order valence-electron chi connectivity index (χ4n) is 6.69. The molecule has 3 heteroatoms. The molecular weight excluding hydrogens is 296 g/mol. The lowest BCUT2D eigenvalue weighted by atomic mass is 9.64. The highest BCUT2D eigenvalue weighted by molar-refractivity contribution is 5.06. The highest BCUT2D eigenvalue weighted by Crippen LogP contribution is 2.52. The topological polar surface area (TPSA) is 23.1 Å². The summed E-state index contributed by atoms with van der Waals surface area (Å²) in [7, 11) is 0. The first kappa shape index (κ1) is 18.7. The fraction of sp³-hybridized carbons (Fsp3) is 1.00. The van der Waals surface area contributed by atoms with Crippen molar-refractivity contribution >= 4 is 0 Å². The van der Waals surface area contributed by atoms with E-state index in [0.29, 0.717) is 6.04 Å². The van der Waals surface area contributed by atoms with Crippen LogP contribution in [0.25, 0.3) is 0 Å². The monoisotopic (exact) mass is 336 g/mol. The van der Waals surface area contributed by atoms with Crippen molar-refractivity contribution in [3.05, 3.63) is 0 Å². The van der Waals surface area contributed by atoms with Gasteiger partial charge in [0.1, 0.15) is 0 Å². The van der Waals surface area contributed by atoms with Crippen molar-refractivity contribution < 1.29 is 9.69 Å². The van der Waals surface area contributed by atoms with Gasteiger partial charge < -0.3 is 4.48 Å². The molecule has 1 saturated heterocycles.